The quantitative estimate of drug-likeness (QED) is 0.723. The van der Waals surface area contributed by atoms with E-state index < -0.39 is 5.60 Å². The monoisotopic (exact) mass is 198 g/mol. The van der Waals surface area contributed by atoms with Crippen LogP contribution < -0.4 is 5.73 Å². The number of nitrogens with two attached hydrogens (primary N) is 1. The first-order chi connectivity index (χ1) is 5.99. The van der Waals surface area contributed by atoms with E-state index in [0.29, 0.717) is 11.4 Å². The summed E-state index contributed by atoms with van der Waals surface area (Å²) in [6.07, 6.45) is 1.70. The molecule has 13 heavy (non-hydrogen) atoms. The van der Waals surface area contributed by atoms with Gasteiger partial charge in [0.05, 0.1) is 11.3 Å². The van der Waals surface area contributed by atoms with Crippen LogP contribution in [0.4, 0.5) is 5.69 Å². The number of aliphatic hydroxyl groups is 1. The lowest BCUT2D eigenvalue weighted by atomic mass is 10.2. The molecule has 4 heteroatoms. The molecule has 0 amide bonds. The molecule has 1 rings (SSSR count). The van der Waals surface area contributed by atoms with E-state index in [0.717, 1.165) is 5.03 Å². The molecule has 72 valence electrons. The molecule has 0 unspecified atom stereocenters. The summed E-state index contributed by atoms with van der Waals surface area (Å²) in [5.74, 6) is 0.591. The number of aromatic nitrogens is 1. The maximum Gasteiger partial charge on any atom is 0.119 e. The highest BCUT2D eigenvalue weighted by molar-refractivity contribution is 7.99. The van der Waals surface area contributed by atoms with Crippen LogP contribution in [0.3, 0.4) is 0 Å². The minimum atomic E-state index is -0.686. The van der Waals surface area contributed by atoms with Gasteiger partial charge in [-0.2, -0.15) is 0 Å². The van der Waals surface area contributed by atoms with Crippen LogP contribution in [0.2, 0.25) is 0 Å². The number of thioether (sulfide) groups is 1. The van der Waals surface area contributed by atoms with Gasteiger partial charge in [0.25, 0.3) is 0 Å². The van der Waals surface area contributed by atoms with E-state index in [1.807, 2.05) is 0 Å². The van der Waals surface area contributed by atoms with E-state index in [9.17, 15) is 5.11 Å². The summed E-state index contributed by atoms with van der Waals surface area (Å²) < 4.78 is 0. The lowest BCUT2D eigenvalue weighted by molar-refractivity contribution is 0.107. The molecule has 1 aromatic rings. The van der Waals surface area contributed by atoms with Gasteiger partial charge in [0.1, 0.15) is 5.03 Å². The zero-order chi connectivity index (χ0) is 9.90. The van der Waals surface area contributed by atoms with Crippen molar-refractivity contribution in [1.29, 1.82) is 0 Å². The second kappa shape index (κ2) is 3.98. The Hall–Kier alpha value is -0.740. The van der Waals surface area contributed by atoms with Crippen molar-refractivity contribution >= 4 is 17.4 Å². The molecule has 0 aromatic carbocycles. The molecule has 0 radical (unpaired) electrons. The van der Waals surface area contributed by atoms with E-state index in [4.69, 9.17) is 5.73 Å². The second-order valence-corrected chi connectivity index (χ2v) is 4.46. The summed E-state index contributed by atoms with van der Waals surface area (Å²) in [5, 5.41) is 10.3. The molecule has 0 atom stereocenters. The molecule has 0 saturated heterocycles. The van der Waals surface area contributed by atoms with Gasteiger partial charge in [-0.3, -0.25) is 0 Å². The maximum atomic E-state index is 9.48. The molecule has 0 aliphatic heterocycles. The second-order valence-electron chi connectivity index (χ2n) is 3.50. The number of hydrogen-bond donors (Lipinski definition) is 2. The van der Waals surface area contributed by atoms with Gasteiger partial charge in [-0.05, 0) is 26.0 Å². The van der Waals surface area contributed by atoms with Crippen molar-refractivity contribution < 1.29 is 5.11 Å². The minimum absolute atomic E-state index is 0.591. The Bertz CT molecular complexity index is 283. The smallest absolute Gasteiger partial charge is 0.119 e. The topological polar surface area (TPSA) is 59.1 Å². The average molecular weight is 198 g/mol. The first kappa shape index (κ1) is 10.3. The summed E-state index contributed by atoms with van der Waals surface area (Å²) in [4.78, 5) is 4.11. The van der Waals surface area contributed by atoms with Gasteiger partial charge < -0.3 is 10.8 Å². The summed E-state index contributed by atoms with van der Waals surface area (Å²) >= 11 is 1.47. The van der Waals surface area contributed by atoms with Crippen LogP contribution in [0.15, 0.2) is 23.4 Å². The predicted octanol–water partition coefficient (Wildman–Crippen LogP) is 1.53. The normalized spacial score (nSPS) is 11.6. The fraction of sp³-hybridized carbons (Fsp3) is 0.444. The van der Waals surface area contributed by atoms with Crippen LogP contribution in [-0.2, 0) is 0 Å². The number of nitrogen functional groups attached to an aromatic ring is 1. The Kier molecular flexibility index (Phi) is 3.17. The standard InChI is InChI=1S/C9H14N2OS/c1-9(2,12)6-13-8-7(10)4-3-5-11-8/h3-5,12H,6,10H2,1-2H3. The van der Waals surface area contributed by atoms with Crippen molar-refractivity contribution in [2.75, 3.05) is 11.5 Å². The lowest BCUT2D eigenvalue weighted by Crippen LogP contribution is -2.21. The van der Waals surface area contributed by atoms with Gasteiger partial charge in [-0.15, -0.1) is 11.8 Å². The fourth-order valence-corrected chi connectivity index (χ4v) is 1.63. The highest BCUT2D eigenvalue weighted by Gasteiger charge is 2.13. The first-order valence-corrected chi connectivity index (χ1v) is 5.03. The molecule has 0 fully saturated rings. The van der Waals surface area contributed by atoms with Gasteiger partial charge >= 0.3 is 0 Å². The van der Waals surface area contributed by atoms with Crippen molar-refractivity contribution in [3.63, 3.8) is 0 Å². The molecule has 0 bridgehead atoms. The van der Waals surface area contributed by atoms with E-state index in [-0.39, 0.29) is 0 Å². The van der Waals surface area contributed by atoms with E-state index in [2.05, 4.69) is 4.98 Å². The summed E-state index contributed by atoms with van der Waals surface area (Å²) in [5.41, 5.74) is 5.66. The Balaban J connectivity index is 2.60. The van der Waals surface area contributed by atoms with E-state index in [1.165, 1.54) is 11.8 Å². The molecule has 0 spiro atoms. The van der Waals surface area contributed by atoms with Crippen molar-refractivity contribution in [2.24, 2.45) is 0 Å². The lowest BCUT2D eigenvalue weighted by Gasteiger charge is -2.15. The zero-order valence-corrected chi connectivity index (χ0v) is 8.64. The predicted molar refractivity (Wildman–Crippen MR) is 55.7 cm³/mol. The number of hydrogen-bond acceptors (Lipinski definition) is 4. The van der Waals surface area contributed by atoms with Crippen molar-refractivity contribution in [3.8, 4) is 0 Å². The number of pyridine rings is 1. The van der Waals surface area contributed by atoms with Crippen LogP contribution in [0.5, 0.6) is 0 Å². The molecule has 3 N–H and O–H groups in total. The third kappa shape index (κ3) is 3.65. The van der Waals surface area contributed by atoms with E-state index in [1.54, 1.807) is 32.2 Å². The minimum Gasteiger partial charge on any atom is -0.397 e. The molecule has 1 heterocycles. The highest BCUT2D eigenvalue weighted by Crippen LogP contribution is 2.24. The SMILES string of the molecule is CC(C)(O)CSc1ncccc1N. The first-order valence-electron chi connectivity index (χ1n) is 4.05. The molecular weight excluding hydrogens is 184 g/mol. The van der Waals surface area contributed by atoms with Gasteiger partial charge in [0.2, 0.25) is 0 Å². The van der Waals surface area contributed by atoms with Crippen LogP contribution in [0.25, 0.3) is 0 Å². The molecule has 3 nitrogen and oxygen atoms in total. The van der Waals surface area contributed by atoms with Crippen molar-refractivity contribution in [1.82, 2.24) is 4.98 Å². The van der Waals surface area contributed by atoms with Gasteiger partial charge in [-0.25, -0.2) is 4.98 Å². The zero-order valence-electron chi connectivity index (χ0n) is 7.82. The fourth-order valence-electron chi connectivity index (χ4n) is 0.769. The van der Waals surface area contributed by atoms with E-state index >= 15 is 0 Å². The van der Waals surface area contributed by atoms with Crippen LogP contribution in [0, 0.1) is 0 Å². The summed E-state index contributed by atoms with van der Waals surface area (Å²) in [6.45, 7) is 3.53. The van der Waals surface area contributed by atoms with Crippen molar-refractivity contribution in [2.45, 2.75) is 24.5 Å². The summed E-state index contributed by atoms with van der Waals surface area (Å²) in [6, 6.07) is 3.60. The number of nitrogens with zero attached hydrogens (tertiary/aromatic N) is 1. The Morgan fingerprint density at radius 1 is 1.62 bits per heavy atom. The third-order valence-electron chi connectivity index (χ3n) is 1.36. The highest BCUT2D eigenvalue weighted by atomic mass is 32.2. The Morgan fingerprint density at radius 3 is 2.85 bits per heavy atom. The largest absolute Gasteiger partial charge is 0.397 e. The van der Waals surface area contributed by atoms with Gasteiger partial charge in [-0.1, -0.05) is 0 Å². The molecule has 0 aliphatic rings. The van der Waals surface area contributed by atoms with Crippen LogP contribution in [-0.4, -0.2) is 21.4 Å². The Labute approximate surface area is 82.4 Å². The molecule has 0 saturated carbocycles. The van der Waals surface area contributed by atoms with Crippen LogP contribution >= 0.6 is 11.8 Å². The van der Waals surface area contributed by atoms with Gasteiger partial charge in [0, 0.05) is 11.9 Å². The summed E-state index contributed by atoms with van der Waals surface area (Å²) in [7, 11) is 0. The molecule has 0 aliphatic carbocycles. The van der Waals surface area contributed by atoms with Crippen molar-refractivity contribution in [3.05, 3.63) is 18.3 Å². The Morgan fingerprint density at radius 2 is 2.31 bits per heavy atom. The average Bonchev–Trinajstić information content (AvgIpc) is 2.01. The van der Waals surface area contributed by atoms with Gasteiger partial charge in [0.15, 0.2) is 0 Å². The number of anilines is 1. The third-order valence-corrected chi connectivity index (χ3v) is 2.83. The molecular formula is C9H14N2OS. The van der Waals surface area contributed by atoms with Crippen LogP contribution in [0.1, 0.15) is 13.8 Å². The molecule has 1 aromatic heterocycles. The maximum absolute atomic E-state index is 9.48. The number of rotatable bonds is 3.